The molecule has 1 aromatic carbocycles. The van der Waals surface area contributed by atoms with Gasteiger partial charge in [0, 0.05) is 13.2 Å². The highest BCUT2D eigenvalue weighted by Crippen LogP contribution is 2.24. The van der Waals surface area contributed by atoms with Gasteiger partial charge in [0.2, 0.25) is 0 Å². The molecule has 0 aliphatic heterocycles. The molecule has 2 rings (SSSR count). The molecule has 0 aliphatic rings. The molecular formula is C12H12FN3O4S. The molecule has 0 bridgehead atoms. The molecule has 2 aromatic rings. The highest BCUT2D eigenvalue weighted by Gasteiger charge is 2.25. The van der Waals surface area contributed by atoms with Crippen molar-refractivity contribution in [3.8, 4) is 0 Å². The fourth-order valence-electron chi connectivity index (χ4n) is 1.70. The van der Waals surface area contributed by atoms with Crippen LogP contribution in [0.4, 0.5) is 10.1 Å². The second-order valence-electron chi connectivity index (χ2n) is 4.19. The Morgan fingerprint density at radius 1 is 1.43 bits per heavy atom. The molecular weight excluding hydrogens is 301 g/mol. The van der Waals surface area contributed by atoms with E-state index in [1.54, 1.807) is 0 Å². The zero-order valence-electron chi connectivity index (χ0n) is 11.0. The lowest BCUT2D eigenvalue weighted by Crippen LogP contribution is -2.27. The lowest BCUT2D eigenvalue weighted by molar-refractivity contribution is -0.137. The maximum absolute atomic E-state index is 13.7. The largest absolute Gasteiger partial charge is 0.480 e. The van der Waals surface area contributed by atoms with Crippen LogP contribution in [0.1, 0.15) is 0 Å². The summed E-state index contributed by atoms with van der Waals surface area (Å²) in [5.41, 5.74) is -0.108. The standard InChI is InChI=1S/C12H12FN3O4S/c1-15(11-5-3-2-4-10(11)13)21(19,20)9-6-14-16(7-9)8-12(17)18/h2-7H,8H2,1H3,(H,17,18). The van der Waals surface area contributed by atoms with Crippen LogP contribution >= 0.6 is 0 Å². The van der Waals surface area contributed by atoms with Crippen LogP contribution in [0.3, 0.4) is 0 Å². The Kier molecular flexibility index (Phi) is 3.94. The maximum atomic E-state index is 13.7. The van der Waals surface area contributed by atoms with Crippen molar-refractivity contribution in [1.82, 2.24) is 9.78 Å². The summed E-state index contributed by atoms with van der Waals surface area (Å²) in [5.74, 6) is -1.83. The molecule has 0 unspecified atom stereocenters. The number of hydrogen-bond acceptors (Lipinski definition) is 4. The maximum Gasteiger partial charge on any atom is 0.325 e. The monoisotopic (exact) mass is 313 g/mol. The van der Waals surface area contributed by atoms with Gasteiger partial charge in [0.15, 0.2) is 0 Å². The summed E-state index contributed by atoms with van der Waals surface area (Å²) < 4.78 is 40.1. The average Bonchev–Trinajstić information content (AvgIpc) is 2.87. The number of aromatic nitrogens is 2. The lowest BCUT2D eigenvalue weighted by atomic mass is 10.3. The highest BCUT2D eigenvalue weighted by molar-refractivity contribution is 7.92. The van der Waals surface area contributed by atoms with Crippen molar-refractivity contribution < 1.29 is 22.7 Å². The normalized spacial score (nSPS) is 11.3. The first-order valence-corrected chi connectivity index (χ1v) is 7.24. The molecule has 7 nitrogen and oxygen atoms in total. The SMILES string of the molecule is CN(c1ccccc1F)S(=O)(=O)c1cnn(CC(=O)O)c1. The van der Waals surface area contributed by atoms with Gasteiger partial charge in [0.05, 0.1) is 11.9 Å². The first-order chi connectivity index (χ1) is 9.82. The Hall–Kier alpha value is -2.42. The Labute approximate surface area is 120 Å². The van der Waals surface area contributed by atoms with Crippen molar-refractivity contribution in [2.45, 2.75) is 11.4 Å². The van der Waals surface area contributed by atoms with Gasteiger partial charge in [-0.3, -0.25) is 13.8 Å². The zero-order chi connectivity index (χ0) is 15.6. The quantitative estimate of drug-likeness (QED) is 0.886. The summed E-state index contributed by atoms with van der Waals surface area (Å²) in [6.07, 6.45) is 2.11. The van der Waals surface area contributed by atoms with Crippen molar-refractivity contribution in [1.29, 1.82) is 0 Å². The molecule has 0 saturated heterocycles. The third kappa shape index (κ3) is 3.02. The van der Waals surface area contributed by atoms with Crippen LogP contribution in [0, 0.1) is 5.82 Å². The lowest BCUT2D eigenvalue weighted by Gasteiger charge is -2.18. The molecule has 0 radical (unpaired) electrons. The molecule has 9 heteroatoms. The van der Waals surface area contributed by atoms with Crippen LogP contribution in [0.25, 0.3) is 0 Å². The van der Waals surface area contributed by atoms with Crippen LogP contribution in [0.2, 0.25) is 0 Å². The fourth-order valence-corrected chi connectivity index (χ4v) is 2.86. The minimum absolute atomic E-state index is 0.108. The van der Waals surface area contributed by atoms with Crippen LogP contribution in [-0.4, -0.2) is 36.3 Å². The number of nitrogens with zero attached hydrogens (tertiary/aromatic N) is 3. The first-order valence-electron chi connectivity index (χ1n) is 5.80. The van der Waals surface area contributed by atoms with Gasteiger partial charge in [-0.05, 0) is 12.1 Å². The van der Waals surface area contributed by atoms with E-state index in [0.29, 0.717) is 0 Å². The van der Waals surface area contributed by atoms with E-state index >= 15 is 0 Å². The number of anilines is 1. The number of sulfonamides is 1. The van der Waals surface area contributed by atoms with E-state index in [1.807, 2.05) is 0 Å². The number of halogens is 1. The summed E-state index contributed by atoms with van der Waals surface area (Å²) in [6, 6.07) is 5.44. The molecule has 0 spiro atoms. The molecule has 1 heterocycles. The highest BCUT2D eigenvalue weighted by atomic mass is 32.2. The summed E-state index contributed by atoms with van der Waals surface area (Å²) >= 11 is 0. The molecule has 0 saturated carbocycles. The average molecular weight is 313 g/mol. The number of hydrogen-bond donors (Lipinski definition) is 1. The third-order valence-corrected chi connectivity index (χ3v) is 4.48. The van der Waals surface area contributed by atoms with Crippen molar-refractivity contribution in [2.75, 3.05) is 11.4 Å². The van der Waals surface area contributed by atoms with Crippen LogP contribution in [0.5, 0.6) is 0 Å². The smallest absolute Gasteiger partial charge is 0.325 e. The van der Waals surface area contributed by atoms with Crippen LogP contribution < -0.4 is 4.31 Å². The minimum atomic E-state index is -4.01. The summed E-state index contributed by atoms with van der Waals surface area (Å²) in [5, 5.41) is 12.3. The Balaban J connectivity index is 2.36. The molecule has 1 aromatic heterocycles. The van der Waals surface area contributed by atoms with Gasteiger partial charge >= 0.3 is 5.97 Å². The number of rotatable bonds is 5. The number of para-hydroxylation sites is 1. The summed E-state index contributed by atoms with van der Waals surface area (Å²) in [7, 11) is -2.80. The third-order valence-electron chi connectivity index (χ3n) is 2.76. The topological polar surface area (TPSA) is 92.5 Å². The van der Waals surface area contributed by atoms with Gasteiger partial charge < -0.3 is 5.11 Å². The van der Waals surface area contributed by atoms with Gasteiger partial charge in [0.25, 0.3) is 10.0 Å². The number of carboxylic acid groups (broad SMARTS) is 1. The predicted octanol–water partition coefficient (Wildman–Crippen LogP) is 0.932. The fraction of sp³-hybridized carbons (Fsp3) is 0.167. The van der Waals surface area contributed by atoms with E-state index in [1.165, 1.54) is 25.2 Å². The molecule has 0 fully saturated rings. The molecule has 112 valence electrons. The van der Waals surface area contributed by atoms with Crippen molar-refractivity contribution in [2.24, 2.45) is 0 Å². The predicted molar refractivity (Wildman–Crippen MR) is 71.9 cm³/mol. The van der Waals surface area contributed by atoms with Crippen molar-refractivity contribution >= 4 is 21.7 Å². The van der Waals surface area contributed by atoms with Gasteiger partial charge in [-0.25, -0.2) is 12.8 Å². The molecule has 0 aliphatic carbocycles. The molecule has 0 amide bonds. The summed E-state index contributed by atoms with van der Waals surface area (Å²) in [4.78, 5) is 10.3. The molecule has 0 atom stereocenters. The van der Waals surface area contributed by atoms with Gasteiger partial charge in [-0.2, -0.15) is 5.10 Å². The number of benzene rings is 1. The van der Waals surface area contributed by atoms with Gasteiger partial charge in [0.1, 0.15) is 17.3 Å². The number of carbonyl (C=O) groups is 1. The molecule has 1 N–H and O–H groups in total. The van der Waals surface area contributed by atoms with E-state index in [2.05, 4.69) is 5.10 Å². The van der Waals surface area contributed by atoms with E-state index in [4.69, 9.17) is 5.11 Å². The number of carboxylic acids is 1. The van der Waals surface area contributed by atoms with Gasteiger partial charge in [-0.15, -0.1) is 0 Å². The number of aliphatic carboxylic acids is 1. The minimum Gasteiger partial charge on any atom is -0.480 e. The molecule has 21 heavy (non-hydrogen) atoms. The Morgan fingerprint density at radius 3 is 2.71 bits per heavy atom. The summed E-state index contributed by atoms with van der Waals surface area (Å²) in [6.45, 7) is -0.459. The van der Waals surface area contributed by atoms with Crippen molar-refractivity contribution in [3.63, 3.8) is 0 Å². The second-order valence-corrected chi connectivity index (χ2v) is 6.16. The van der Waals surface area contributed by atoms with E-state index < -0.39 is 28.4 Å². The van der Waals surface area contributed by atoms with E-state index in [0.717, 1.165) is 27.4 Å². The van der Waals surface area contributed by atoms with E-state index in [9.17, 15) is 17.6 Å². The van der Waals surface area contributed by atoms with Gasteiger partial charge in [-0.1, -0.05) is 12.1 Å². The zero-order valence-corrected chi connectivity index (χ0v) is 11.8. The Morgan fingerprint density at radius 2 is 2.10 bits per heavy atom. The van der Waals surface area contributed by atoms with E-state index in [-0.39, 0.29) is 10.6 Å². The second kappa shape index (κ2) is 5.52. The Bertz CT molecular complexity index is 772. The first kappa shape index (κ1) is 15.0. The van der Waals surface area contributed by atoms with Crippen LogP contribution in [0.15, 0.2) is 41.6 Å². The van der Waals surface area contributed by atoms with Crippen molar-refractivity contribution in [3.05, 3.63) is 42.5 Å². The van der Waals surface area contributed by atoms with Crippen LogP contribution in [-0.2, 0) is 21.4 Å².